The van der Waals surface area contributed by atoms with Crippen molar-refractivity contribution < 1.29 is 18.7 Å². The number of halogens is 2. The van der Waals surface area contributed by atoms with Crippen molar-refractivity contribution in [3.8, 4) is 6.07 Å². The number of benzene rings is 2. The van der Waals surface area contributed by atoms with Crippen molar-refractivity contribution in [2.24, 2.45) is 0 Å². The summed E-state index contributed by atoms with van der Waals surface area (Å²) in [5, 5.41) is 10.6. The quantitative estimate of drug-likeness (QED) is 0.262. The Morgan fingerprint density at radius 2 is 1.85 bits per heavy atom. The van der Waals surface area contributed by atoms with Gasteiger partial charge in [0.15, 0.2) is 5.54 Å². The third-order valence-corrected chi connectivity index (χ3v) is 6.69. The predicted molar refractivity (Wildman–Crippen MR) is 134 cm³/mol. The second-order valence-corrected chi connectivity index (χ2v) is 9.30. The zero-order chi connectivity index (χ0) is 24.3. The van der Waals surface area contributed by atoms with Gasteiger partial charge >= 0.3 is 5.97 Å². The van der Waals surface area contributed by atoms with Gasteiger partial charge in [0.1, 0.15) is 5.76 Å². The van der Waals surface area contributed by atoms with Crippen LogP contribution in [-0.2, 0) is 15.1 Å². The van der Waals surface area contributed by atoms with E-state index < -0.39 is 11.5 Å². The first-order chi connectivity index (χ1) is 16.4. The number of amides is 1. The summed E-state index contributed by atoms with van der Waals surface area (Å²) >= 11 is 6.93. The highest BCUT2D eigenvalue weighted by Gasteiger charge is 2.47. The van der Waals surface area contributed by atoms with Gasteiger partial charge < -0.3 is 9.15 Å². The van der Waals surface area contributed by atoms with Crippen molar-refractivity contribution in [3.63, 3.8) is 0 Å². The molecule has 1 aliphatic heterocycles. The van der Waals surface area contributed by atoms with Crippen LogP contribution in [0.4, 0.5) is 0 Å². The Kier molecular flexibility index (Phi) is 6.87. The van der Waals surface area contributed by atoms with Crippen LogP contribution in [0.2, 0.25) is 0 Å². The summed E-state index contributed by atoms with van der Waals surface area (Å²) in [6.07, 6.45) is 4.49. The van der Waals surface area contributed by atoms with Gasteiger partial charge in [0.05, 0.1) is 19.4 Å². The van der Waals surface area contributed by atoms with Crippen LogP contribution in [0.15, 0.2) is 87.6 Å². The van der Waals surface area contributed by atoms with E-state index in [4.69, 9.17) is 9.15 Å². The molecule has 3 aromatic rings. The maximum absolute atomic E-state index is 13.7. The molecular formula is C26H18Br2N2O4. The molecule has 8 heteroatoms. The lowest BCUT2D eigenvalue weighted by molar-refractivity contribution is -0.136. The van der Waals surface area contributed by atoms with Crippen molar-refractivity contribution in [3.05, 3.63) is 106 Å². The summed E-state index contributed by atoms with van der Waals surface area (Å²) in [6.45, 7) is 0. The number of methoxy groups -OCH3 is 1. The van der Waals surface area contributed by atoms with E-state index in [1.54, 1.807) is 54.7 Å². The van der Waals surface area contributed by atoms with Crippen molar-refractivity contribution in [1.82, 2.24) is 4.90 Å². The molecule has 0 bridgehead atoms. The standard InChI is InChI=1S/C26H18Br2N2O4/c1-33-25(32)18(13-20-5-4-12-34-20)14-26(16-29)22-7-3-2-6-21(22)23(28)15-30(26)24(31)17-8-10-19(27)11-9-17/h2-13,15H,14H2,1H3/b18-13+. The molecule has 0 spiro atoms. The molecule has 1 aromatic heterocycles. The summed E-state index contributed by atoms with van der Waals surface area (Å²) in [5.74, 6) is -0.573. The fourth-order valence-electron chi connectivity index (χ4n) is 3.91. The topological polar surface area (TPSA) is 83.5 Å². The van der Waals surface area contributed by atoms with Crippen LogP contribution in [0.1, 0.15) is 33.7 Å². The van der Waals surface area contributed by atoms with E-state index >= 15 is 0 Å². The Bertz CT molecular complexity index is 1340. The highest BCUT2D eigenvalue weighted by Crippen LogP contribution is 2.45. The van der Waals surface area contributed by atoms with Crippen molar-refractivity contribution in [2.45, 2.75) is 12.0 Å². The second kappa shape index (κ2) is 9.84. The molecule has 1 aliphatic rings. The van der Waals surface area contributed by atoms with E-state index in [0.29, 0.717) is 21.4 Å². The first kappa shape index (κ1) is 23.7. The highest BCUT2D eigenvalue weighted by molar-refractivity contribution is 9.15. The van der Waals surface area contributed by atoms with Crippen LogP contribution in [0.5, 0.6) is 0 Å². The van der Waals surface area contributed by atoms with E-state index in [0.717, 1.165) is 10.0 Å². The molecule has 1 atom stereocenters. The molecule has 2 heterocycles. The van der Waals surface area contributed by atoms with E-state index in [-0.39, 0.29) is 17.9 Å². The number of rotatable bonds is 5. The number of carbonyl (C=O) groups is 2. The number of ether oxygens (including phenoxy) is 1. The van der Waals surface area contributed by atoms with Gasteiger partial charge in [0, 0.05) is 38.3 Å². The fraction of sp³-hybridized carbons (Fsp3) is 0.115. The van der Waals surface area contributed by atoms with Crippen LogP contribution in [-0.4, -0.2) is 23.9 Å². The van der Waals surface area contributed by atoms with Gasteiger partial charge in [-0.25, -0.2) is 4.79 Å². The number of nitrogens with zero attached hydrogens (tertiary/aromatic N) is 2. The molecule has 6 nitrogen and oxygen atoms in total. The molecule has 0 saturated carbocycles. The van der Waals surface area contributed by atoms with E-state index in [2.05, 4.69) is 37.9 Å². The summed E-state index contributed by atoms with van der Waals surface area (Å²) in [5.41, 5.74) is 0.407. The van der Waals surface area contributed by atoms with Gasteiger partial charge in [0.25, 0.3) is 5.91 Å². The van der Waals surface area contributed by atoms with E-state index in [1.165, 1.54) is 24.3 Å². The number of hydrogen-bond acceptors (Lipinski definition) is 5. The third kappa shape index (κ3) is 4.37. The lowest BCUT2D eigenvalue weighted by Crippen LogP contribution is -2.48. The van der Waals surface area contributed by atoms with Crippen molar-refractivity contribution in [1.29, 1.82) is 5.26 Å². The second-order valence-electron chi connectivity index (χ2n) is 7.53. The first-order valence-corrected chi connectivity index (χ1v) is 11.8. The molecule has 170 valence electrons. The van der Waals surface area contributed by atoms with Gasteiger partial charge in [0.2, 0.25) is 0 Å². The number of carbonyl (C=O) groups excluding carboxylic acids is 2. The number of furan rings is 1. The lowest BCUT2D eigenvalue weighted by atomic mass is 9.78. The van der Waals surface area contributed by atoms with Crippen molar-refractivity contribution in [2.75, 3.05) is 7.11 Å². The average Bonchev–Trinajstić information content (AvgIpc) is 3.38. The maximum Gasteiger partial charge on any atom is 0.334 e. The van der Waals surface area contributed by atoms with Gasteiger partial charge in [-0.05, 0) is 64.0 Å². The van der Waals surface area contributed by atoms with Gasteiger partial charge in [-0.1, -0.05) is 40.2 Å². The van der Waals surface area contributed by atoms with E-state index in [9.17, 15) is 14.9 Å². The molecule has 1 amide bonds. The normalized spacial score (nSPS) is 17.4. The monoisotopic (exact) mass is 580 g/mol. The van der Waals surface area contributed by atoms with Crippen LogP contribution in [0.25, 0.3) is 10.6 Å². The predicted octanol–water partition coefficient (Wildman–Crippen LogP) is 6.26. The summed E-state index contributed by atoms with van der Waals surface area (Å²) < 4.78 is 11.9. The minimum Gasteiger partial charge on any atom is -0.466 e. The largest absolute Gasteiger partial charge is 0.466 e. The zero-order valence-electron chi connectivity index (χ0n) is 18.0. The first-order valence-electron chi connectivity index (χ1n) is 10.2. The summed E-state index contributed by atoms with van der Waals surface area (Å²) in [7, 11) is 1.27. The SMILES string of the molecule is COC(=O)/C(=C/c1ccco1)CC1(C#N)c2ccccc2C(Br)=CN1C(=O)c1ccc(Br)cc1. The number of nitriles is 1. The molecule has 4 rings (SSSR count). The minimum absolute atomic E-state index is 0.118. The molecular weight excluding hydrogens is 564 g/mol. The van der Waals surface area contributed by atoms with Crippen LogP contribution in [0, 0.1) is 11.3 Å². The Hall–Kier alpha value is -3.41. The summed E-state index contributed by atoms with van der Waals surface area (Å²) in [6, 6.07) is 19.9. The number of hydrogen-bond donors (Lipinski definition) is 0. The average molecular weight is 582 g/mol. The Morgan fingerprint density at radius 1 is 1.12 bits per heavy atom. The molecule has 0 radical (unpaired) electrons. The number of fused-ring (bicyclic) bond motifs is 1. The Morgan fingerprint density at radius 3 is 2.50 bits per heavy atom. The van der Waals surface area contributed by atoms with Gasteiger partial charge in [-0.15, -0.1) is 0 Å². The maximum atomic E-state index is 13.7. The van der Waals surface area contributed by atoms with Gasteiger partial charge in [-0.2, -0.15) is 5.26 Å². The van der Waals surface area contributed by atoms with E-state index in [1.807, 2.05) is 12.1 Å². The molecule has 0 saturated heterocycles. The highest BCUT2D eigenvalue weighted by atomic mass is 79.9. The zero-order valence-corrected chi connectivity index (χ0v) is 21.2. The fourth-order valence-corrected chi connectivity index (χ4v) is 4.72. The van der Waals surface area contributed by atoms with Crippen molar-refractivity contribution >= 4 is 54.3 Å². The molecule has 0 aliphatic carbocycles. The molecule has 0 fully saturated rings. The Balaban J connectivity index is 1.91. The van der Waals surface area contributed by atoms with Crippen LogP contribution in [0.3, 0.4) is 0 Å². The van der Waals surface area contributed by atoms with Gasteiger partial charge in [-0.3, -0.25) is 9.69 Å². The number of esters is 1. The Labute approximate surface area is 213 Å². The molecule has 1 unspecified atom stereocenters. The lowest BCUT2D eigenvalue weighted by Gasteiger charge is -2.41. The third-order valence-electron chi connectivity index (χ3n) is 5.53. The molecule has 0 N–H and O–H groups in total. The molecule has 2 aromatic carbocycles. The summed E-state index contributed by atoms with van der Waals surface area (Å²) in [4.78, 5) is 27.9. The van der Waals surface area contributed by atoms with Crippen LogP contribution < -0.4 is 0 Å². The minimum atomic E-state index is -1.52. The molecule has 34 heavy (non-hydrogen) atoms. The smallest absolute Gasteiger partial charge is 0.334 e. The van der Waals surface area contributed by atoms with Crippen LogP contribution >= 0.6 is 31.9 Å².